The van der Waals surface area contributed by atoms with Crippen molar-refractivity contribution in [2.24, 2.45) is 0 Å². The third-order valence-electron chi connectivity index (χ3n) is 4.31. The molecule has 2 heterocycles. The summed E-state index contributed by atoms with van der Waals surface area (Å²) in [5, 5.41) is 6.42. The molecule has 0 unspecified atom stereocenters. The Kier molecular flexibility index (Phi) is 3.53. The number of likely N-dealkylation sites (tertiary alicyclic amines) is 1. The molecule has 0 radical (unpaired) electrons. The number of piperidine rings is 1. The number of hydrogen-bond donors (Lipinski definition) is 2. The number of carbonyl (C=O) groups is 1. The van der Waals surface area contributed by atoms with E-state index in [2.05, 4.69) is 45.9 Å². The normalized spacial score (nSPS) is 23.3. The molecule has 1 amide bonds. The zero-order valence-corrected chi connectivity index (χ0v) is 11.2. The lowest BCUT2D eigenvalue weighted by molar-refractivity contribution is -0.123. The van der Waals surface area contributed by atoms with Crippen LogP contribution in [0.3, 0.4) is 0 Å². The van der Waals surface area contributed by atoms with Gasteiger partial charge in [0, 0.05) is 31.7 Å². The Balaban J connectivity index is 1.53. The van der Waals surface area contributed by atoms with E-state index >= 15 is 0 Å². The number of piperazine rings is 1. The van der Waals surface area contributed by atoms with Crippen molar-refractivity contribution in [1.82, 2.24) is 15.5 Å². The van der Waals surface area contributed by atoms with E-state index in [0.29, 0.717) is 6.54 Å². The summed E-state index contributed by atoms with van der Waals surface area (Å²) in [6.45, 7) is 4.47. The second-order valence-corrected chi connectivity index (χ2v) is 5.67. The Morgan fingerprint density at radius 1 is 1.16 bits per heavy atom. The Morgan fingerprint density at radius 3 is 2.53 bits per heavy atom. The lowest BCUT2D eigenvalue weighted by Gasteiger charge is -2.44. The molecule has 2 aliphatic heterocycles. The fourth-order valence-corrected chi connectivity index (χ4v) is 2.99. The number of nitrogens with one attached hydrogen (secondary N) is 2. The Hall–Kier alpha value is -1.39. The molecule has 2 fully saturated rings. The molecule has 2 aliphatic rings. The molecule has 0 bridgehead atoms. The van der Waals surface area contributed by atoms with E-state index in [1.165, 1.54) is 5.56 Å². The minimum Gasteiger partial charge on any atom is -0.353 e. The molecule has 0 saturated carbocycles. The molecule has 102 valence electrons. The molecule has 1 aromatic rings. The largest absolute Gasteiger partial charge is 0.353 e. The SMILES string of the molecule is O=C1CNC2(CCN(Cc3ccccc3)CC2)CN1. The van der Waals surface area contributed by atoms with Gasteiger partial charge in [-0.25, -0.2) is 0 Å². The van der Waals surface area contributed by atoms with Crippen molar-refractivity contribution in [3.63, 3.8) is 0 Å². The number of carbonyl (C=O) groups excluding carboxylic acids is 1. The topological polar surface area (TPSA) is 44.4 Å². The van der Waals surface area contributed by atoms with Crippen molar-refractivity contribution in [2.45, 2.75) is 24.9 Å². The average molecular weight is 259 g/mol. The van der Waals surface area contributed by atoms with Crippen LogP contribution in [0, 0.1) is 0 Å². The lowest BCUT2D eigenvalue weighted by Crippen LogP contribution is -2.64. The van der Waals surface area contributed by atoms with Gasteiger partial charge in [-0.15, -0.1) is 0 Å². The van der Waals surface area contributed by atoms with Crippen LogP contribution in [0.2, 0.25) is 0 Å². The predicted octanol–water partition coefficient (Wildman–Crippen LogP) is 0.741. The molecule has 0 atom stereocenters. The maximum absolute atomic E-state index is 11.2. The van der Waals surface area contributed by atoms with Gasteiger partial charge in [0.25, 0.3) is 0 Å². The van der Waals surface area contributed by atoms with Gasteiger partial charge in [-0.1, -0.05) is 30.3 Å². The van der Waals surface area contributed by atoms with Gasteiger partial charge in [-0.05, 0) is 18.4 Å². The van der Waals surface area contributed by atoms with Gasteiger partial charge in [0.05, 0.1) is 6.54 Å². The molecular formula is C15H21N3O. The van der Waals surface area contributed by atoms with Crippen molar-refractivity contribution in [3.8, 4) is 0 Å². The fraction of sp³-hybridized carbons (Fsp3) is 0.533. The summed E-state index contributed by atoms with van der Waals surface area (Å²) in [5.41, 5.74) is 1.52. The number of rotatable bonds is 2. The first-order valence-corrected chi connectivity index (χ1v) is 7.04. The molecular weight excluding hydrogens is 238 g/mol. The van der Waals surface area contributed by atoms with Gasteiger partial charge in [0.15, 0.2) is 0 Å². The average Bonchev–Trinajstić information content (AvgIpc) is 2.46. The van der Waals surface area contributed by atoms with Crippen LogP contribution in [-0.2, 0) is 11.3 Å². The van der Waals surface area contributed by atoms with Crippen LogP contribution in [0.15, 0.2) is 30.3 Å². The van der Waals surface area contributed by atoms with Crippen molar-refractivity contribution in [2.75, 3.05) is 26.2 Å². The molecule has 3 rings (SSSR count). The van der Waals surface area contributed by atoms with Crippen LogP contribution in [0.25, 0.3) is 0 Å². The van der Waals surface area contributed by atoms with E-state index in [4.69, 9.17) is 0 Å². The van der Waals surface area contributed by atoms with Crippen molar-refractivity contribution < 1.29 is 4.79 Å². The molecule has 0 aliphatic carbocycles. The molecule has 1 aromatic carbocycles. The van der Waals surface area contributed by atoms with Crippen LogP contribution in [0.1, 0.15) is 18.4 Å². The first kappa shape index (κ1) is 12.6. The van der Waals surface area contributed by atoms with Crippen LogP contribution >= 0.6 is 0 Å². The fourth-order valence-electron chi connectivity index (χ4n) is 2.99. The summed E-state index contributed by atoms with van der Waals surface area (Å²) in [4.78, 5) is 13.7. The predicted molar refractivity (Wildman–Crippen MR) is 74.7 cm³/mol. The summed E-state index contributed by atoms with van der Waals surface area (Å²) in [7, 11) is 0. The zero-order chi connectivity index (χ0) is 13.1. The summed E-state index contributed by atoms with van der Waals surface area (Å²) in [6.07, 6.45) is 2.22. The number of amides is 1. The Labute approximate surface area is 114 Å². The van der Waals surface area contributed by atoms with E-state index in [9.17, 15) is 4.79 Å². The summed E-state index contributed by atoms with van der Waals surface area (Å²) < 4.78 is 0. The molecule has 2 N–H and O–H groups in total. The number of nitrogens with zero attached hydrogens (tertiary/aromatic N) is 1. The van der Waals surface area contributed by atoms with Crippen LogP contribution < -0.4 is 10.6 Å². The molecule has 4 heteroatoms. The van der Waals surface area contributed by atoms with Gasteiger partial charge in [0.2, 0.25) is 5.91 Å². The number of hydrogen-bond acceptors (Lipinski definition) is 3. The highest BCUT2D eigenvalue weighted by molar-refractivity contribution is 5.79. The van der Waals surface area contributed by atoms with Crippen LogP contribution in [0.5, 0.6) is 0 Å². The molecule has 2 saturated heterocycles. The second kappa shape index (κ2) is 5.31. The first-order valence-electron chi connectivity index (χ1n) is 7.04. The van der Waals surface area contributed by atoms with Crippen LogP contribution in [0.4, 0.5) is 0 Å². The van der Waals surface area contributed by atoms with Gasteiger partial charge in [-0.3, -0.25) is 9.69 Å². The molecule has 0 aromatic heterocycles. The van der Waals surface area contributed by atoms with Gasteiger partial charge < -0.3 is 10.6 Å². The summed E-state index contributed by atoms with van der Waals surface area (Å²) in [6, 6.07) is 10.6. The monoisotopic (exact) mass is 259 g/mol. The van der Waals surface area contributed by atoms with Crippen molar-refractivity contribution in [3.05, 3.63) is 35.9 Å². The highest BCUT2D eigenvalue weighted by Crippen LogP contribution is 2.24. The summed E-state index contributed by atoms with van der Waals surface area (Å²) >= 11 is 0. The van der Waals surface area contributed by atoms with Crippen molar-refractivity contribution >= 4 is 5.91 Å². The lowest BCUT2D eigenvalue weighted by atomic mass is 9.86. The van der Waals surface area contributed by atoms with E-state index in [1.54, 1.807) is 0 Å². The van der Waals surface area contributed by atoms with Crippen LogP contribution in [-0.4, -0.2) is 42.5 Å². The second-order valence-electron chi connectivity index (χ2n) is 5.67. The third-order valence-corrected chi connectivity index (χ3v) is 4.31. The minimum absolute atomic E-state index is 0.123. The van der Waals surface area contributed by atoms with E-state index in [1.807, 2.05) is 0 Å². The quantitative estimate of drug-likeness (QED) is 0.823. The van der Waals surface area contributed by atoms with Gasteiger partial charge in [0.1, 0.15) is 0 Å². The minimum atomic E-state index is 0.123. The summed E-state index contributed by atoms with van der Waals surface area (Å²) in [5.74, 6) is 0.123. The van der Waals surface area contributed by atoms with Gasteiger partial charge in [-0.2, -0.15) is 0 Å². The third kappa shape index (κ3) is 2.96. The first-order chi connectivity index (χ1) is 9.26. The molecule has 1 spiro atoms. The van der Waals surface area contributed by atoms with Gasteiger partial charge >= 0.3 is 0 Å². The highest BCUT2D eigenvalue weighted by atomic mass is 16.2. The van der Waals surface area contributed by atoms with E-state index in [-0.39, 0.29) is 11.4 Å². The maximum atomic E-state index is 11.2. The molecule has 4 nitrogen and oxygen atoms in total. The zero-order valence-electron chi connectivity index (χ0n) is 11.2. The van der Waals surface area contributed by atoms with E-state index < -0.39 is 0 Å². The van der Waals surface area contributed by atoms with Crippen molar-refractivity contribution in [1.29, 1.82) is 0 Å². The Bertz CT molecular complexity index is 426. The Morgan fingerprint density at radius 2 is 1.89 bits per heavy atom. The van der Waals surface area contributed by atoms with E-state index in [0.717, 1.165) is 39.0 Å². The smallest absolute Gasteiger partial charge is 0.234 e. The molecule has 19 heavy (non-hydrogen) atoms. The highest BCUT2D eigenvalue weighted by Gasteiger charge is 2.37. The standard InChI is InChI=1S/C15H21N3O/c19-14-10-17-15(12-16-14)6-8-18(9-7-15)11-13-4-2-1-3-5-13/h1-5,17H,6-12H2,(H,16,19). The maximum Gasteiger partial charge on any atom is 0.234 e. The number of benzene rings is 1.